The van der Waals surface area contributed by atoms with Crippen molar-refractivity contribution in [2.45, 2.75) is 26.9 Å². The molecule has 0 aliphatic rings. The van der Waals surface area contributed by atoms with Crippen LogP contribution in [0.1, 0.15) is 34.3 Å². The molecule has 0 amide bonds. The Morgan fingerprint density at radius 1 is 1.06 bits per heavy atom. The number of hydrogen-bond acceptors (Lipinski definition) is 2. The number of aliphatic hydroxyl groups excluding tert-OH is 1. The molecule has 0 bridgehead atoms. The van der Waals surface area contributed by atoms with Gasteiger partial charge in [-0.25, -0.2) is 8.78 Å². The first kappa shape index (κ1) is 12.8. The Bertz CT molecular complexity index is 588. The molecule has 0 aliphatic carbocycles. The van der Waals surface area contributed by atoms with Crippen LogP contribution in [0.5, 0.6) is 0 Å². The van der Waals surface area contributed by atoms with E-state index in [1.807, 2.05) is 0 Å². The molecule has 2 nitrogen and oxygen atoms in total. The molecule has 96 valence electrons. The molecule has 2 rings (SSSR count). The maximum atomic E-state index is 13.8. The van der Waals surface area contributed by atoms with Crippen molar-refractivity contribution in [2.75, 3.05) is 0 Å². The molecule has 18 heavy (non-hydrogen) atoms. The summed E-state index contributed by atoms with van der Waals surface area (Å²) >= 11 is 0. The highest BCUT2D eigenvalue weighted by molar-refractivity contribution is 5.35. The Balaban J connectivity index is 2.49. The number of benzene rings is 1. The van der Waals surface area contributed by atoms with Crippen LogP contribution in [0.15, 0.2) is 22.6 Å². The molecule has 1 aromatic carbocycles. The lowest BCUT2D eigenvalue weighted by Crippen LogP contribution is -2.05. The molecule has 4 heteroatoms. The predicted molar refractivity (Wildman–Crippen MR) is 63.3 cm³/mol. The minimum atomic E-state index is -1.22. The van der Waals surface area contributed by atoms with E-state index in [0.29, 0.717) is 17.1 Å². The lowest BCUT2D eigenvalue weighted by molar-refractivity contribution is 0.211. The SMILES string of the molecule is Cc1cc(C(O)c2ccc(C)c(F)c2F)c(C)o1. The van der Waals surface area contributed by atoms with E-state index in [-0.39, 0.29) is 11.1 Å². The quantitative estimate of drug-likeness (QED) is 0.886. The van der Waals surface area contributed by atoms with Crippen LogP contribution in [-0.2, 0) is 0 Å². The highest BCUT2D eigenvalue weighted by atomic mass is 19.2. The Labute approximate surface area is 104 Å². The van der Waals surface area contributed by atoms with Crippen molar-refractivity contribution >= 4 is 0 Å². The van der Waals surface area contributed by atoms with E-state index in [4.69, 9.17) is 4.42 Å². The number of rotatable bonds is 2. The first-order valence-corrected chi connectivity index (χ1v) is 5.61. The van der Waals surface area contributed by atoms with Crippen molar-refractivity contribution in [3.8, 4) is 0 Å². The molecule has 1 aromatic heterocycles. The van der Waals surface area contributed by atoms with Crippen molar-refractivity contribution < 1.29 is 18.3 Å². The van der Waals surface area contributed by atoms with Gasteiger partial charge >= 0.3 is 0 Å². The van der Waals surface area contributed by atoms with Gasteiger partial charge in [0.25, 0.3) is 0 Å². The maximum Gasteiger partial charge on any atom is 0.165 e. The van der Waals surface area contributed by atoms with Crippen LogP contribution in [0.25, 0.3) is 0 Å². The van der Waals surface area contributed by atoms with Crippen LogP contribution in [0.2, 0.25) is 0 Å². The van der Waals surface area contributed by atoms with E-state index >= 15 is 0 Å². The van der Waals surface area contributed by atoms with Gasteiger partial charge in [0.05, 0.1) is 0 Å². The highest BCUT2D eigenvalue weighted by Gasteiger charge is 2.22. The summed E-state index contributed by atoms with van der Waals surface area (Å²) in [6.07, 6.45) is -1.22. The van der Waals surface area contributed by atoms with E-state index in [2.05, 4.69) is 0 Å². The van der Waals surface area contributed by atoms with Crippen LogP contribution in [0.4, 0.5) is 8.78 Å². The van der Waals surface area contributed by atoms with E-state index in [1.54, 1.807) is 19.9 Å². The molecule has 0 fully saturated rings. The van der Waals surface area contributed by atoms with Crippen molar-refractivity contribution in [1.82, 2.24) is 0 Å². The van der Waals surface area contributed by atoms with Gasteiger partial charge < -0.3 is 9.52 Å². The Kier molecular flexibility index (Phi) is 3.22. The van der Waals surface area contributed by atoms with Crippen LogP contribution in [0, 0.1) is 32.4 Å². The molecule has 0 spiro atoms. The van der Waals surface area contributed by atoms with Crippen molar-refractivity contribution in [1.29, 1.82) is 0 Å². The molecule has 0 saturated heterocycles. The average Bonchev–Trinajstić information content (AvgIpc) is 2.65. The summed E-state index contributed by atoms with van der Waals surface area (Å²) in [5.74, 6) is -0.819. The molecule has 0 aliphatic heterocycles. The summed E-state index contributed by atoms with van der Waals surface area (Å²) in [7, 11) is 0. The molecular formula is C14H14F2O2. The van der Waals surface area contributed by atoms with Crippen LogP contribution in [-0.4, -0.2) is 5.11 Å². The topological polar surface area (TPSA) is 33.4 Å². The van der Waals surface area contributed by atoms with Gasteiger partial charge in [-0.2, -0.15) is 0 Å². The molecular weight excluding hydrogens is 238 g/mol. The third kappa shape index (κ3) is 2.04. The minimum Gasteiger partial charge on any atom is -0.466 e. The lowest BCUT2D eigenvalue weighted by atomic mass is 10.00. The monoisotopic (exact) mass is 252 g/mol. The average molecular weight is 252 g/mol. The zero-order chi connectivity index (χ0) is 13.4. The molecule has 1 N–H and O–H groups in total. The van der Waals surface area contributed by atoms with Gasteiger partial charge in [-0.15, -0.1) is 0 Å². The zero-order valence-corrected chi connectivity index (χ0v) is 10.4. The molecule has 0 radical (unpaired) electrons. The Morgan fingerprint density at radius 3 is 2.28 bits per heavy atom. The van der Waals surface area contributed by atoms with Crippen molar-refractivity contribution in [3.05, 3.63) is 58.0 Å². The summed E-state index contributed by atoms with van der Waals surface area (Å²) in [5.41, 5.74) is 0.584. The third-order valence-electron chi connectivity index (χ3n) is 2.97. The van der Waals surface area contributed by atoms with Gasteiger partial charge in [0.2, 0.25) is 0 Å². The number of halogens is 2. The van der Waals surface area contributed by atoms with Crippen LogP contribution in [0.3, 0.4) is 0 Å². The summed E-state index contributed by atoms with van der Waals surface area (Å²) in [6, 6.07) is 4.45. The van der Waals surface area contributed by atoms with Crippen LogP contribution >= 0.6 is 0 Å². The largest absolute Gasteiger partial charge is 0.466 e. The van der Waals surface area contributed by atoms with E-state index in [0.717, 1.165) is 0 Å². The fourth-order valence-corrected chi connectivity index (χ4v) is 1.96. The maximum absolute atomic E-state index is 13.8. The second-order valence-corrected chi connectivity index (χ2v) is 4.37. The number of hydrogen-bond donors (Lipinski definition) is 1. The normalized spacial score (nSPS) is 12.8. The summed E-state index contributed by atoms with van der Waals surface area (Å²) in [5, 5.41) is 10.1. The minimum absolute atomic E-state index is 0.0815. The van der Waals surface area contributed by atoms with Gasteiger partial charge in [-0.1, -0.05) is 12.1 Å². The predicted octanol–water partition coefficient (Wildman–Crippen LogP) is 3.56. The van der Waals surface area contributed by atoms with Gasteiger partial charge in [-0.3, -0.25) is 0 Å². The Morgan fingerprint density at radius 2 is 1.72 bits per heavy atom. The van der Waals surface area contributed by atoms with E-state index < -0.39 is 17.7 Å². The standard InChI is InChI=1S/C14H14F2O2/c1-7-4-5-10(13(16)12(7)15)14(17)11-6-8(2)18-9(11)3/h4-6,14,17H,1-3H3. The fraction of sp³-hybridized carbons (Fsp3) is 0.286. The fourth-order valence-electron chi connectivity index (χ4n) is 1.96. The summed E-state index contributed by atoms with van der Waals surface area (Å²) in [4.78, 5) is 0. The van der Waals surface area contributed by atoms with E-state index in [9.17, 15) is 13.9 Å². The smallest absolute Gasteiger partial charge is 0.165 e. The van der Waals surface area contributed by atoms with Gasteiger partial charge in [0, 0.05) is 11.1 Å². The first-order valence-electron chi connectivity index (χ1n) is 5.61. The zero-order valence-electron chi connectivity index (χ0n) is 10.4. The number of furan rings is 1. The van der Waals surface area contributed by atoms with Gasteiger partial charge in [0.1, 0.15) is 17.6 Å². The van der Waals surface area contributed by atoms with Gasteiger partial charge in [-0.05, 0) is 32.4 Å². The van der Waals surface area contributed by atoms with Crippen molar-refractivity contribution in [2.24, 2.45) is 0 Å². The van der Waals surface area contributed by atoms with Gasteiger partial charge in [0.15, 0.2) is 11.6 Å². The molecule has 0 saturated carbocycles. The second-order valence-electron chi connectivity index (χ2n) is 4.37. The lowest BCUT2D eigenvalue weighted by Gasteiger charge is -2.12. The molecule has 1 atom stereocenters. The number of aliphatic hydroxyl groups is 1. The molecule has 2 aromatic rings. The third-order valence-corrected chi connectivity index (χ3v) is 2.97. The van der Waals surface area contributed by atoms with E-state index in [1.165, 1.54) is 19.1 Å². The Hall–Kier alpha value is -1.68. The molecule has 1 unspecified atom stereocenters. The summed E-state index contributed by atoms with van der Waals surface area (Å²) in [6.45, 7) is 4.88. The number of aryl methyl sites for hydroxylation is 3. The van der Waals surface area contributed by atoms with Crippen molar-refractivity contribution in [3.63, 3.8) is 0 Å². The second kappa shape index (κ2) is 4.53. The molecule has 1 heterocycles. The first-order chi connectivity index (χ1) is 8.41. The highest BCUT2D eigenvalue weighted by Crippen LogP contribution is 2.30. The van der Waals surface area contributed by atoms with Crippen LogP contribution < -0.4 is 0 Å². The summed E-state index contributed by atoms with van der Waals surface area (Å²) < 4.78 is 32.5.